The molecule has 2 rings (SSSR count). The van der Waals surface area contributed by atoms with E-state index in [0.717, 1.165) is 5.56 Å². The minimum absolute atomic E-state index is 0.183. The average molecular weight is 298 g/mol. The van der Waals surface area contributed by atoms with Crippen molar-refractivity contribution in [1.82, 2.24) is 0 Å². The van der Waals surface area contributed by atoms with Crippen molar-refractivity contribution in [2.75, 3.05) is 7.11 Å². The van der Waals surface area contributed by atoms with E-state index in [1.54, 1.807) is 18.2 Å². The second-order valence-corrected chi connectivity index (χ2v) is 4.85. The van der Waals surface area contributed by atoms with Crippen LogP contribution < -0.4 is 10.5 Å². The molecule has 1 atom stereocenters. The Hall–Kier alpha value is -1.65. The molecule has 2 aromatic carbocycles. The Morgan fingerprint density at radius 2 is 1.95 bits per heavy atom. The van der Waals surface area contributed by atoms with Crippen molar-refractivity contribution in [3.8, 4) is 5.75 Å². The smallest absolute Gasteiger partial charge is 0.165 e. The Morgan fingerprint density at radius 1 is 1.20 bits per heavy atom. The summed E-state index contributed by atoms with van der Waals surface area (Å²) in [7, 11) is 1.40. The highest BCUT2D eigenvalue weighted by Gasteiger charge is 2.13. The summed E-state index contributed by atoms with van der Waals surface area (Å²) in [5.41, 5.74) is 7.39. The maximum Gasteiger partial charge on any atom is 0.165 e. The van der Waals surface area contributed by atoms with Gasteiger partial charge in [-0.3, -0.25) is 0 Å². The number of hydrogen-bond donors (Lipinski definition) is 1. The minimum atomic E-state index is -0.442. The second kappa shape index (κ2) is 6.20. The lowest BCUT2D eigenvalue weighted by Gasteiger charge is -2.14. The van der Waals surface area contributed by atoms with Gasteiger partial charge in [-0.25, -0.2) is 8.78 Å². The SMILES string of the molecule is COc1ccc(CC(N)c2ccc(F)cc2Cl)cc1F. The molecule has 0 aliphatic heterocycles. The first-order valence-corrected chi connectivity index (χ1v) is 6.42. The fourth-order valence-corrected chi connectivity index (χ4v) is 2.31. The van der Waals surface area contributed by atoms with Gasteiger partial charge in [-0.2, -0.15) is 0 Å². The van der Waals surface area contributed by atoms with Gasteiger partial charge in [0.05, 0.1) is 7.11 Å². The molecule has 5 heteroatoms. The first-order valence-electron chi connectivity index (χ1n) is 6.04. The van der Waals surface area contributed by atoms with Crippen molar-refractivity contribution < 1.29 is 13.5 Å². The number of rotatable bonds is 4. The molecule has 0 spiro atoms. The van der Waals surface area contributed by atoms with E-state index in [1.807, 2.05) is 0 Å². The Labute approximate surface area is 121 Å². The van der Waals surface area contributed by atoms with Crippen molar-refractivity contribution in [2.45, 2.75) is 12.5 Å². The predicted molar refractivity (Wildman–Crippen MR) is 75.0 cm³/mol. The Morgan fingerprint density at radius 3 is 2.55 bits per heavy atom. The third kappa shape index (κ3) is 3.26. The summed E-state index contributed by atoms with van der Waals surface area (Å²) in [4.78, 5) is 0. The van der Waals surface area contributed by atoms with Crippen LogP contribution in [0.2, 0.25) is 5.02 Å². The maximum absolute atomic E-state index is 13.6. The van der Waals surface area contributed by atoms with E-state index in [2.05, 4.69) is 0 Å². The normalized spacial score (nSPS) is 12.2. The van der Waals surface area contributed by atoms with Crippen molar-refractivity contribution >= 4 is 11.6 Å². The molecule has 0 fully saturated rings. The van der Waals surface area contributed by atoms with Gasteiger partial charge in [0.1, 0.15) is 5.82 Å². The number of halogens is 3. The van der Waals surface area contributed by atoms with Gasteiger partial charge in [0.2, 0.25) is 0 Å². The van der Waals surface area contributed by atoms with Crippen molar-refractivity contribution in [3.05, 3.63) is 64.2 Å². The molecule has 0 aromatic heterocycles. The summed E-state index contributed by atoms with van der Waals surface area (Å²) in [5, 5.41) is 0.270. The lowest BCUT2D eigenvalue weighted by atomic mass is 9.99. The molecule has 1 unspecified atom stereocenters. The van der Waals surface area contributed by atoms with Crippen molar-refractivity contribution in [2.24, 2.45) is 5.73 Å². The lowest BCUT2D eigenvalue weighted by Crippen LogP contribution is -2.14. The third-order valence-electron chi connectivity index (χ3n) is 3.03. The van der Waals surface area contributed by atoms with E-state index >= 15 is 0 Å². The molecule has 0 radical (unpaired) electrons. The third-order valence-corrected chi connectivity index (χ3v) is 3.36. The second-order valence-electron chi connectivity index (χ2n) is 4.45. The molecule has 0 aliphatic rings. The van der Waals surface area contributed by atoms with Crippen LogP contribution in [0.3, 0.4) is 0 Å². The molecule has 0 aliphatic carbocycles. The standard InChI is InChI=1S/C15H14ClF2NO/c1-20-15-5-2-9(6-13(15)18)7-14(19)11-4-3-10(17)8-12(11)16/h2-6,8,14H,7,19H2,1H3. The molecule has 0 bridgehead atoms. The van der Waals surface area contributed by atoms with Crippen LogP contribution in [-0.2, 0) is 6.42 Å². The summed E-state index contributed by atoms with van der Waals surface area (Å²) in [6.45, 7) is 0. The largest absolute Gasteiger partial charge is 0.494 e. The highest BCUT2D eigenvalue weighted by Crippen LogP contribution is 2.26. The molecule has 0 heterocycles. The fraction of sp³-hybridized carbons (Fsp3) is 0.200. The summed E-state index contributed by atoms with van der Waals surface area (Å²) >= 11 is 5.96. The highest BCUT2D eigenvalue weighted by molar-refractivity contribution is 6.31. The van der Waals surface area contributed by atoms with Gasteiger partial charge in [-0.05, 0) is 41.8 Å². The van der Waals surface area contributed by atoms with Gasteiger partial charge in [-0.15, -0.1) is 0 Å². The Bertz CT molecular complexity index is 619. The van der Waals surface area contributed by atoms with E-state index in [-0.39, 0.29) is 10.8 Å². The molecular formula is C15H14ClF2NO. The van der Waals surface area contributed by atoms with Gasteiger partial charge < -0.3 is 10.5 Å². The van der Waals surface area contributed by atoms with Gasteiger partial charge in [-0.1, -0.05) is 23.7 Å². The number of nitrogens with two attached hydrogens (primary N) is 1. The zero-order valence-corrected chi connectivity index (χ0v) is 11.6. The lowest BCUT2D eigenvalue weighted by molar-refractivity contribution is 0.386. The van der Waals surface area contributed by atoms with Gasteiger partial charge in [0.25, 0.3) is 0 Å². The molecule has 2 N–H and O–H groups in total. The van der Waals surface area contributed by atoms with Crippen LogP contribution in [0.1, 0.15) is 17.2 Å². The van der Waals surface area contributed by atoms with Gasteiger partial charge >= 0.3 is 0 Å². The van der Waals surface area contributed by atoms with E-state index in [9.17, 15) is 8.78 Å². The van der Waals surface area contributed by atoms with Crippen LogP contribution >= 0.6 is 11.6 Å². The summed E-state index contributed by atoms with van der Waals surface area (Å²) in [6.07, 6.45) is 0.395. The van der Waals surface area contributed by atoms with E-state index in [1.165, 1.54) is 25.3 Å². The molecule has 0 saturated carbocycles. The molecular weight excluding hydrogens is 284 g/mol. The highest BCUT2D eigenvalue weighted by atomic mass is 35.5. The fourth-order valence-electron chi connectivity index (χ4n) is 2.00. The van der Waals surface area contributed by atoms with Crippen LogP contribution in [0.4, 0.5) is 8.78 Å². The van der Waals surface area contributed by atoms with Crippen molar-refractivity contribution in [3.63, 3.8) is 0 Å². The van der Waals surface area contributed by atoms with Gasteiger partial charge in [0.15, 0.2) is 11.6 Å². The summed E-state index contributed by atoms with van der Waals surface area (Å²) in [6, 6.07) is 8.28. The van der Waals surface area contributed by atoms with Crippen molar-refractivity contribution in [1.29, 1.82) is 0 Å². The number of benzene rings is 2. The molecule has 0 saturated heterocycles. The quantitative estimate of drug-likeness (QED) is 0.930. The number of methoxy groups -OCH3 is 1. The molecule has 2 aromatic rings. The zero-order chi connectivity index (χ0) is 14.7. The Balaban J connectivity index is 2.18. The first kappa shape index (κ1) is 14.8. The van der Waals surface area contributed by atoms with Crippen LogP contribution in [0.25, 0.3) is 0 Å². The van der Waals surface area contributed by atoms with Crippen LogP contribution in [-0.4, -0.2) is 7.11 Å². The topological polar surface area (TPSA) is 35.2 Å². The summed E-state index contributed by atoms with van der Waals surface area (Å²) < 4.78 is 31.4. The van der Waals surface area contributed by atoms with E-state index in [4.69, 9.17) is 22.1 Å². The molecule has 2 nitrogen and oxygen atoms in total. The van der Waals surface area contributed by atoms with E-state index < -0.39 is 17.7 Å². The average Bonchev–Trinajstić information content (AvgIpc) is 2.38. The minimum Gasteiger partial charge on any atom is -0.494 e. The first-order chi connectivity index (χ1) is 9.51. The maximum atomic E-state index is 13.6. The van der Waals surface area contributed by atoms with Crippen LogP contribution in [0.5, 0.6) is 5.75 Å². The summed E-state index contributed by atoms with van der Waals surface area (Å²) in [5.74, 6) is -0.675. The van der Waals surface area contributed by atoms with Crippen LogP contribution in [0.15, 0.2) is 36.4 Å². The molecule has 106 valence electrons. The zero-order valence-electron chi connectivity index (χ0n) is 10.9. The van der Waals surface area contributed by atoms with Crippen LogP contribution in [0, 0.1) is 11.6 Å². The number of hydrogen-bond acceptors (Lipinski definition) is 2. The van der Waals surface area contributed by atoms with E-state index in [0.29, 0.717) is 12.0 Å². The predicted octanol–water partition coefficient (Wildman–Crippen LogP) is 3.87. The molecule has 0 amide bonds. The Kier molecular flexibility index (Phi) is 4.57. The molecule has 20 heavy (non-hydrogen) atoms. The van der Waals surface area contributed by atoms with Gasteiger partial charge in [0, 0.05) is 11.1 Å². The monoisotopic (exact) mass is 297 g/mol. The number of ether oxygens (including phenoxy) is 1.